The molecule has 84 valence electrons. The van der Waals surface area contributed by atoms with Crippen molar-refractivity contribution in [3.8, 4) is 0 Å². The van der Waals surface area contributed by atoms with Crippen molar-refractivity contribution in [1.82, 2.24) is 4.90 Å². The fourth-order valence-corrected chi connectivity index (χ4v) is 3.04. The predicted octanol–water partition coefficient (Wildman–Crippen LogP) is 1.19. The van der Waals surface area contributed by atoms with Crippen molar-refractivity contribution in [2.75, 3.05) is 7.11 Å². The average molecular weight is 247 g/mol. The second-order valence-corrected chi connectivity index (χ2v) is 5.29. The number of thiocarbonyl (C=S) groups is 1. The Morgan fingerprint density at radius 3 is 2.67 bits per heavy atom. The molecule has 0 aromatic carbocycles. The molecule has 6 heteroatoms. The van der Waals surface area contributed by atoms with Gasteiger partial charge in [-0.1, -0.05) is 24.0 Å². The van der Waals surface area contributed by atoms with E-state index in [4.69, 9.17) is 12.2 Å². The van der Waals surface area contributed by atoms with Crippen molar-refractivity contribution >= 4 is 40.2 Å². The van der Waals surface area contributed by atoms with Gasteiger partial charge in [-0.3, -0.25) is 14.5 Å². The second-order valence-electron chi connectivity index (χ2n) is 3.45. The molecule has 0 radical (unpaired) electrons. The molecule has 1 saturated heterocycles. The van der Waals surface area contributed by atoms with Crippen LogP contribution in [-0.2, 0) is 14.3 Å². The fraction of sp³-hybridized carbons (Fsp3) is 0.667. The van der Waals surface area contributed by atoms with Gasteiger partial charge in [0.15, 0.2) is 0 Å². The molecule has 1 aliphatic rings. The topological polar surface area (TPSA) is 46.6 Å². The molecule has 0 spiro atoms. The SMILES string of the molecule is COC(=O)CC1SC(=S)N(C(C)C)C1=O. The minimum Gasteiger partial charge on any atom is -0.469 e. The Morgan fingerprint density at radius 1 is 1.67 bits per heavy atom. The van der Waals surface area contributed by atoms with E-state index in [2.05, 4.69) is 4.74 Å². The smallest absolute Gasteiger partial charge is 0.307 e. The van der Waals surface area contributed by atoms with Crippen LogP contribution in [0.4, 0.5) is 0 Å². The molecule has 0 N–H and O–H groups in total. The summed E-state index contributed by atoms with van der Waals surface area (Å²) < 4.78 is 5.07. The summed E-state index contributed by atoms with van der Waals surface area (Å²) in [6.45, 7) is 3.79. The van der Waals surface area contributed by atoms with Gasteiger partial charge in [-0.15, -0.1) is 0 Å². The van der Waals surface area contributed by atoms with E-state index < -0.39 is 5.25 Å². The Kier molecular flexibility index (Phi) is 4.10. The van der Waals surface area contributed by atoms with E-state index in [0.717, 1.165) is 0 Å². The van der Waals surface area contributed by atoms with E-state index in [1.54, 1.807) is 4.90 Å². The van der Waals surface area contributed by atoms with Crippen LogP contribution >= 0.6 is 24.0 Å². The molecule has 1 unspecified atom stereocenters. The maximum absolute atomic E-state index is 11.8. The summed E-state index contributed by atoms with van der Waals surface area (Å²) in [4.78, 5) is 24.4. The molecule has 0 aromatic heterocycles. The third kappa shape index (κ3) is 2.69. The van der Waals surface area contributed by atoms with Gasteiger partial charge in [-0.05, 0) is 13.8 Å². The number of ether oxygens (including phenoxy) is 1. The highest BCUT2D eigenvalue weighted by Gasteiger charge is 2.39. The molecule has 0 aliphatic carbocycles. The summed E-state index contributed by atoms with van der Waals surface area (Å²) in [6.07, 6.45) is 0.0867. The number of nitrogens with zero attached hydrogens (tertiary/aromatic N) is 1. The van der Waals surface area contributed by atoms with Gasteiger partial charge in [0.05, 0.1) is 13.5 Å². The lowest BCUT2D eigenvalue weighted by molar-refractivity contribution is -0.142. The molecular formula is C9H13NO3S2. The van der Waals surface area contributed by atoms with E-state index in [-0.39, 0.29) is 24.3 Å². The lowest BCUT2D eigenvalue weighted by Crippen LogP contribution is -2.37. The molecule has 1 rings (SSSR count). The lowest BCUT2D eigenvalue weighted by Gasteiger charge is -2.19. The van der Waals surface area contributed by atoms with Gasteiger partial charge in [0.25, 0.3) is 0 Å². The zero-order valence-electron chi connectivity index (χ0n) is 8.85. The number of rotatable bonds is 3. The number of methoxy groups -OCH3 is 1. The van der Waals surface area contributed by atoms with Gasteiger partial charge in [0, 0.05) is 6.04 Å². The maximum atomic E-state index is 11.8. The van der Waals surface area contributed by atoms with Crippen LogP contribution in [0, 0.1) is 0 Å². The normalized spacial score (nSPS) is 21.3. The van der Waals surface area contributed by atoms with E-state index in [0.29, 0.717) is 4.32 Å². The third-order valence-electron chi connectivity index (χ3n) is 2.05. The Bertz CT molecular complexity index is 304. The van der Waals surface area contributed by atoms with Gasteiger partial charge in [-0.2, -0.15) is 0 Å². The molecule has 1 fully saturated rings. The number of hydrogen-bond acceptors (Lipinski definition) is 5. The van der Waals surface area contributed by atoms with Crippen LogP contribution in [0.3, 0.4) is 0 Å². The van der Waals surface area contributed by atoms with Crippen molar-refractivity contribution in [3.05, 3.63) is 0 Å². The summed E-state index contributed by atoms with van der Waals surface area (Å²) in [5.74, 6) is -0.473. The van der Waals surface area contributed by atoms with E-state index >= 15 is 0 Å². The van der Waals surface area contributed by atoms with Crippen LogP contribution in [0.15, 0.2) is 0 Å². The molecule has 1 aliphatic heterocycles. The van der Waals surface area contributed by atoms with Crippen molar-refractivity contribution in [1.29, 1.82) is 0 Å². The summed E-state index contributed by atoms with van der Waals surface area (Å²) >= 11 is 6.34. The van der Waals surface area contributed by atoms with Gasteiger partial charge >= 0.3 is 5.97 Å². The molecule has 1 heterocycles. The summed E-state index contributed by atoms with van der Waals surface area (Å²) in [5.41, 5.74) is 0. The quantitative estimate of drug-likeness (QED) is 0.554. The van der Waals surface area contributed by atoms with Crippen LogP contribution in [0.5, 0.6) is 0 Å². The Balaban J connectivity index is 2.69. The summed E-state index contributed by atoms with van der Waals surface area (Å²) in [7, 11) is 1.31. The Morgan fingerprint density at radius 2 is 2.27 bits per heavy atom. The molecule has 0 saturated carbocycles. The van der Waals surface area contributed by atoms with E-state index in [1.807, 2.05) is 13.8 Å². The third-order valence-corrected chi connectivity index (χ3v) is 3.59. The van der Waals surface area contributed by atoms with Crippen molar-refractivity contribution < 1.29 is 14.3 Å². The van der Waals surface area contributed by atoms with Crippen molar-refractivity contribution in [3.63, 3.8) is 0 Å². The van der Waals surface area contributed by atoms with Crippen LogP contribution in [0.2, 0.25) is 0 Å². The monoisotopic (exact) mass is 247 g/mol. The molecule has 4 nitrogen and oxygen atoms in total. The molecule has 1 amide bonds. The number of carbonyl (C=O) groups is 2. The zero-order chi connectivity index (χ0) is 11.6. The van der Waals surface area contributed by atoms with E-state index in [1.165, 1.54) is 18.9 Å². The highest BCUT2D eigenvalue weighted by molar-refractivity contribution is 8.24. The van der Waals surface area contributed by atoms with Crippen LogP contribution < -0.4 is 0 Å². The highest BCUT2D eigenvalue weighted by atomic mass is 32.2. The van der Waals surface area contributed by atoms with Gasteiger partial charge in [0.1, 0.15) is 9.57 Å². The molecule has 15 heavy (non-hydrogen) atoms. The average Bonchev–Trinajstić information content (AvgIpc) is 2.41. The number of thioether (sulfide) groups is 1. The molecule has 0 bridgehead atoms. The zero-order valence-corrected chi connectivity index (χ0v) is 10.5. The molecule has 0 aromatic rings. The number of esters is 1. The second kappa shape index (κ2) is 4.94. The van der Waals surface area contributed by atoms with Crippen molar-refractivity contribution in [2.45, 2.75) is 31.6 Å². The Labute approximate surface area is 98.3 Å². The highest BCUT2D eigenvalue weighted by Crippen LogP contribution is 2.31. The standard InChI is InChI=1S/C9H13NO3S2/c1-5(2)10-8(12)6(15-9(10)14)4-7(11)13-3/h5-6H,4H2,1-3H3. The molecule has 1 atom stereocenters. The largest absolute Gasteiger partial charge is 0.469 e. The summed E-state index contributed by atoms with van der Waals surface area (Å²) in [6, 6.07) is 0.0418. The Hall–Kier alpha value is -0.620. The first kappa shape index (κ1) is 12.4. The maximum Gasteiger partial charge on any atom is 0.307 e. The number of amides is 1. The molecular weight excluding hydrogens is 234 g/mol. The number of carbonyl (C=O) groups excluding carboxylic acids is 2. The van der Waals surface area contributed by atoms with Crippen LogP contribution in [0.25, 0.3) is 0 Å². The fourth-order valence-electron chi connectivity index (χ4n) is 1.30. The first-order valence-electron chi connectivity index (χ1n) is 4.58. The predicted molar refractivity (Wildman–Crippen MR) is 62.6 cm³/mol. The minimum absolute atomic E-state index is 0.0418. The van der Waals surface area contributed by atoms with Gasteiger partial charge < -0.3 is 4.74 Å². The van der Waals surface area contributed by atoms with Crippen molar-refractivity contribution in [2.24, 2.45) is 0 Å². The summed E-state index contributed by atoms with van der Waals surface area (Å²) in [5, 5.41) is -0.410. The van der Waals surface area contributed by atoms with E-state index in [9.17, 15) is 9.59 Å². The first-order valence-corrected chi connectivity index (χ1v) is 5.86. The van der Waals surface area contributed by atoms with Crippen LogP contribution in [-0.4, -0.2) is 39.5 Å². The van der Waals surface area contributed by atoms with Gasteiger partial charge in [-0.25, -0.2) is 0 Å². The number of hydrogen-bond donors (Lipinski definition) is 0. The first-order chi connectivity index (χ1) is 6.97. The van der Waals surface area contributed by atoms with Crippen LogP contribution in [0.1, 0.15) is 20.3 Å². The minimum atomic E-state index is -0.410. The lowest BCUT2D eigenvalue weighted by atomic mass is 10.2. The van der Waals surface area contributed by atoms with Gasteiger partial charge in [0.2, 0.25) is 5.91 Å².